The van der Waals surface area contributed by atoms with Crippen LogP contribution in [0.2, 0.25) is 0 Å². The summed E-state index contributed by atoms with van der Waals surface area (Å²) in [6.07, 6.45) is -4.90. The van der Waals surface area contributed by atoms with Crippen molar-refractivity contribution in [3.8, 4) is 11.5 Å². The SMILES string of the molecule is Cc1ccc2c(c1)Oc1cc(C)ccc1C2NC(=O)C1CC(c2ccccc2)C(C(F)(F)F)NC1=O. The number of carbonyl (C=O) groups excluding carboxylic acids is 2. The minimum absolute atomic E-state index is 0.253. The van der Waals surface area contributed by atoms with Gasteiger partial charge in [-0.3, -0.25) is 9.59 Å². The average Bonchev–Trinajstić information content (AvgIpc) is 2.83. The summed E-state index contributed by atoms with van der Waals surface area (Å²) in [5.41, 5.74) is 3.81. The molecule has 0 radical (unpaired) electrons. The largest absolute Gasteiger partial charge is 0.457 e. The van der Waals surface area contributed by atoms with Gasteiger partial charge in [0.2, 0.25) is 11.8 Å². The van der Waals surface area contributed by atoms with Crippen molar-refractivity contribution in [3.63, 3.8) is 0 Å². The molecule has 2 N–H and O–H groups in total. The lowest BCUT2D eigenvalue weighted by Crippen LogP contribution is -2.58. The molecule has 3 unspecified atom stereocenters. The summed E-state index contributed by atoms with van der Waals surface area (Å²) < 4.78 is 47.5. The van der Waals surface area contributed by atoms with Crippen molar-refractivity contribution in [2.75, 3.05) is 0 Å². The zero-order valence-electron chi connectivity index (χ0n) is 19.7. The molecule has 5 rings (SSSR count). The van der Waals surface area contributed by atoms with Crippen molar-refractivity contribution >= 4 is 11.8 Å². The van der Waals surface area contributed by atoms with E-state index in [2.05, 4.69) is 10.6 Å². The molecule has 2 amide bonds. The van der Waals surface area contributed by atoms with Crippen LogP contribution < -0.4 is 15.4 Å². The van der Waals surface area contributed by atoms with Gasteiger partial charge in [0.1, 0.15) is 23.5 Å². The number of piperidine rings is 1. The second kappa shape index (κ2) is 9.00. The normalized spacial score (nSPS) is 21.6. The molecule has 0 saturated carbocycles. The highest BCUT2D eigenvalue weighted by atomic mass is 19.4. The van der Waals surface area contributed by atoms with Crippen molar-refractivity contribution in [3.05, 3.63) is 94.5 Å². The van der Waals surface area contributed by atoms with Crippen LogP contribution in [-0.2, 0) is 9.59 Å². The van der Waals surface area contributed by atoms with Gasteiger partial charge >= 0.3 is 6.18 Å². The maximum Gasteiger partial charge on any atom is 0.409 e. The van der Waals surface area contributed by atoms with E-state index >= 15 is 0 Å². The van der Waals surface area contributed by atoms with Crippen molar-refractivity contribution in [2.24, 2.45) is 5.92 Å². The number of aryl methyl sites for hydroxylation is 2. The third-order valence-electron chi connectivity index (χ3n) is 6.87. The zero-order chi connectivity index (χ0) is 25.6. The maximum absolute atomic E-state index is 13.8. The van der Waals surface area contributed by atoms with Gasteiger partial charge in [0.15, 0.2) is 0 Å². The first-order valence-corrected chi connectivity index (χ1v) is 11.7. The van der Waals surface area contributed by atoms with E-state index in [9.17, 15) is 22.8 Å². The molecule has 2 heterocycles. The summed E-state index contributed by atoms with van der Waals surface area (Å²) in [7, 11) is 0. The van der Waals surface area contributed by atoms with Crippen LogP contribution in [0.3, 0.4) is 0 Å². The Hall–Kier alpha value is -3.81. The fourth-order valence-electron chi connectivity index (χ4n) is 5.04. The Morgan fingerprint density at radius 1 is 0.944 bits per heavy atom. The number of hydrogen-bond donors (Lipinski definition) is 2. The van der Waals surface area contributed by atoms with E-state index in [1.165, 1.54) is 0 Å². The number of amides is 2. The predicted octanol–water partition coefficient (Wildman–Crippen LogP) is 5.47. The number of ether oxygens (including phenoxy) is 1. The number of nitrogens with one attached hydrogen (secondary N) is 2. The van der Waals surface area contributed by atoms with Gasteiger partial charge in [-0.05, 0) is 49.1 Å². The second-order valence-corrected chi connectivity index (χ2v) is 9.46. The molecule has 2 aliphatic rings. The molecular formula is C28H25F3N2O3. The third-order valence-corrected chi connectivity index (χ3v) is 6.87. The first-order chi connectivity index (χ1) is 17.1. The summed E-state index contributed by atoms with van der Waals surface area (Å²) in [6.45, 7) is 3.85. The fourth-order valence-corrected chi connectivity index (χ4v) is 5.04. The molecule has 0 aliphatic carbocycles. The minimum Gasteiger partial charge on any atom is -0.457 e. The molecule has 8 heteroatoms. The van der Waals surface area contributed by atoms with E-state index in [1.54, 1.807) is 30.3 Å². The number of halogens is 3. The molecule has 0 spiro atoms. The van der Waals surface area contributed by atoms with Gasteiger partial charge in [-0.2, -0.15) is 13.2 Å². The van der Waals surface area contributed by atoms with Crippen molar-refractivity contribution in [1.29, 1.82) is 0 Å². The molecule has 1 fully saturated rings. The molecule has 36 heavy (non-hydrogen) atoms. The Morgan fingerprint density at radius 2 is 1.53 bits per heavy atom. The van der Waals surface area contributed by atoms with Crippen LogP contribution in [0.5, 0.6) is 11.5 Å². The lowest BCUT2D eigenvalue weighted by Gasteiger charge is -2.38. The maximum atomic E-state index is 13.8. The number of carbonyl (C=O) groups is 2. The molecule has 1 saturated heterocycles. The lowest BCUT2D eigenvalue weighted by molar-refractivity contribution is -0.175. The standard InChI is InChI=1S/C28H25F3N2O3/c1-15-8-10-18-22(12-15)36-23-13-16(2)9-11-19(23)24(18)32-26(34)21-14-20(17-6-4-3-5-7-17)25(28(29,30)31)33-27(21)35/h3-13,20-21,24-25H,14H2,1-2H3,(H,32,34)(H,33,35). The minimum atomic E-state index is -4.65. The van der Waals surface area contributed by atoms with Crippen LogP contribution >= 0.6 is 0 Å². The molecule has 2 aliphatic heterocycles. The number of fused-ring (bicyclic) bond motifs is 2. The number of benzene rings is 3. The number of rotatable bonds is 3. The van der Waals surface area contributed by atoms with Crippen molar-refractivity contribution in [1.82, 2.24) is 10.6 Å². The highest BCUT2D eigenvalue weighted by Crippen LogP contribution is 2.44. The van der Waals surface area contributed by atoms with Crippen molar-refractivity contribution < 1.29 is 27.5 Å². The Labute approximate surface area is 206 Å². The highest BCUT2D eigenvalue weighted by Gasteiger charge is 2.52. The smallest absolute Gasteiger partial charge is 0.409 e. The Kier molecular flexibility index (Phi) is 5.98. The molecule has 0 aromatic heterocycles. The van der Waals surface area contributed by atoms with Crippen LogP contribution in [0.15, 0.2) is 66.7 Å². The molecule has 5 nitrogen and oxygen atoms in total. The Bertz CT molecular complexity index is 1270. The van der Waals surface area contributed by atoms with E-state index in [4.69, 9.17) is 4.74 Å². The van der Waals surface area contributed by atoms with Gasteiger partial charge in [0, 0.05) is 17.0 Å². The first kappa shape index (κ1) is 23.9. The second-order valence-electron chi connectivity index (χ2n) is 9.46. The summed E-state index contributed by atoms with van der Waals surface area (Å²) in [6, 6.07) is 16.7. The zero-order valence-corrected chi connectivity index (χ0v) is 19.7. The van der Waals surface area contributed by atoms with E-state index in [1.807, 2.05) is 50.2 Å². The van der Waals surface area contributed by atoms with E-state index in [0.717, 1.165) is 11.1 Å². The summed E-state index contributed by atoms with van der Waals surface area (Å²) in [4.78, 5) is 26.3. The van der Waals surface area contributed by atoms with Crippen LogP contribution in [0, 0.1) is 19.8 Å². The topological polar surface area (TPSA) is 67.4 Å². The summed E-state index contributed by atoms with van der Waals surface area (Å²) >= 11 is 0. The number of alkyl halides is 3. The van der Waals surface area contributed by atoms with Gasteiger partial charge in [-0.15, -0.1) is 0 Å². The van der Waals surface area contributed by atoms with Crippen LogP contribution in [0.25, 0.3) is 0 Å². The van der Waals surface area contributed by atoms with Crippen molar-refractivity contribution in [2.45, 2.75) is 44.4 Å². The lowest BCUT2D eigenvalue weighted by atomic mass is 9.78. The number of hydrogen-bond acceptors (Lipinski definition) is 3. The quantitative estimate of drug-likeness (QED) is 0.475. The monoisotopic (exact) mass is 494 g/mol. The first-order valence-electron chi connectivity index (χ1n) is 11.7. The molecular weight excluding hydrogens is 469 g/mol. The van der Waals surface area contributed by atoms with Gasteiger partial charge in [0.05, 0.1) is 6.04 Å². The molecule has 3 aromatic rings. The average molecular weight is 495 g/mol. The fraction of sp³-hybridized carbons (Fsp3) is 0.286. The van der Waals surface area contributed by atoms with Crippen LogP contribution in [-0.4, -0.2) is 24.0 Å². The Morgan fingerprint density at radius 3 is 2.08 bits per heavy atom. The third kappa shape index (κ3) is 4.43. The van der Waals surface area contributed by atoms with Gasteiger partial charge < -0.3 is 15.4 Å². The highest BCUT2D eigenvalue weighted by molar-refractivity contribution is 6.01. The molecule has 3 aromatic carbocycles. The van der Waals surface area contributed by atoms with Gasteiger partial charge in [0.25, 0.3) is 0 Å². The molecule has 0 bridgehead atoms. The van der Waals surface area contributed by atoms with Crippen LogP contribution in [0.4, 0.5) is 13.2 Å². The van der Waals surface area contributed by atoms with Gasteiger partial charge in [-0.25, -0.2) is 0 Å². The van der Waals surface area contributed by atoms with E-state index in [-0.39, 0.29) is 6.42 Å². The predicted molar refractivity (Wildman–Crippen MR) is 128 cm³/mol. The Balaban J connectivity index is 1.47. The van der Waals surface area contributed by atoms with E-state index in [0.29, 0.717) is 28.2 Å². The van der Waals surface area contributed by atoms with Gasteiger partial charge in [-0.1, -0.05) is 54.6 Å². The summed E-state index contributed by atoms with van der Waals surface area (Å²) in [5.74, 6) is -2.74. The molecule has 186 valence electrons. The van der Waals surface area contributed by atoms with E-state index < -0.39 is 41.9 Å². The van der Waals surface area contributed by atoms with Crippen LogP contribution in [0.1, 0.15) is 46.2 Å². The summed E-state index contributed by atoms with van der Waals surface area (Å²) in [5, 5.41) is 5.01. The molecule has 3 atom stereocenters.